The lowest BCUT2D eigenvalue weighted by Crippen LogP contribution is -2.37. The van der Waals surface area contributed by atoms with Gasteiger partial charge in [0.1, 0.15) is 16.3 Å². The average molecular weight is 476 g/mol. The highest BCUT2D eigenvalue weighted by molar-refractivity contribution is 7.09. The van der Waals surface area contributed by atoms with E-state index in [-0.39, 0.29) is 11.8 Å². The lowest BCUT2D eigenvalue weighted by Gasteiger charge is -2.27. The highest BCUT2D eigenvalue weighted by atomic mass is 32.1. The van der Waals surface area contributed by atoms with E-state index in [1.165, 1.54) is 24.2 Å². The molecule has 2 amide bonds. The molecule has 10 heteroatoms. The SMILES string of the molecule is Cc1ccn2cc(C(=O)N3CCc4c(c(C(=O)NCc5nccs5)nn4CC4CC4)C3)nc2c1. The molecular formula is C24H25N7O2S. The molecule has 4 aromatic heterocycles. The maximum Gasteiger partial charge on any atom is 0.274 e. The standard InChI is InChI=1S/C24H25N7O2S/c1-15-4-7-29-14-18(27-20(29)10-15)24(33)30-8-5-19-17(13-30)22(28-31(19)12-16-2-3-16)23(32)26-11-21-25-6-9-34-21/h4,6-7,9-10,14,16H,2-3,5,8,11-13H2,1H3,(H,26,32). The summed E-state index contributed by atoms with van der Waals surface area (Å²) >= 11 is 1.50. The number of carbonyl (C=O) groups is 2. The van der Waals surface area contributed by atoms with Crippen LogP contribution in [0.5, 0.6) is 0 Å². The van der Waals surface area contributed by atoms with Gasteiger partial charge in [-0.25, -0.2) is 9.97 Å². The minimum absolute atomic E-state index is 0.129. The van der Waals surface area contributed by atoms with Crippen molar-refractivity contribution in [1.82, 2.24) is 34.4 Å². The number of thiazole rings is 1. The third-order valence-corrected chi connectivity index (χ3v) is 7.26. The molecule has 4 aromatic rings. The summed E-state index contributed by atoms with van der Waals surface area (Å²) in [6, 6.07) is 3.94. The molecule has 1 aliphatic carbocycles. The number of aryl methyl sites for hydroxylation is 1. The molecule has 0 aromatic carbocycles. The molecule has 174 valence electrons. The Morgan fingerprint density at radius 1 is 1.29 bits per heavy atom. The Morgan fingerprint density at radius 2 is 2.18 bits per heavy atom. The Morgan fingerprint density at radius 3 is 2.97 bits per heavy atom. The third-order valence-electron chi connectivity index (χ3n) is 6.48. The first-order valence-corrected chi connectivity index (χ1v) is 12.4. The van der Waals surface area contributed by atoms with Gasteiger partial charge in [-0.3, -0.25) is 14.3 Å². The Balaban J connectivity index is 1.26. The van der Waals surface area contributed by atoms with Gasteiger partial charge in [-0.1, -0.05) is 0 Å². The second-order valence-electron chi connectivity index (χ2n) is 9.08. The molecule has 0 spiro atoms. The fraction of sp³-hybridized carbons (Fsp3) is 0.375. The number of carbonyl (C=O) groups excluding carboxylic acids is 2. The van der Waals surface area contributed by atoms with Crippen molar-refractivity contribution in [2.75, 3.05) is 6.54 Å². The zero-order chi connectivity index (χ0) is 23.2. The Bertz CT molecular complexity index is 1380. The van der Waals surface area contributed by atoms with Crippen LogP contribution in [0, 0.1) is 12.8 Å². The molecule has 34 heavy (non-hydrogen) atoms. The van der Waals surface area contributed by atoms with Gasteiger partial charge in [0, 0.05) is 54.7 Å². The van der Waals surface area contributed by atoms with E-state index in [4.69, 9.17) is 5.10 Å². The third kappa shape index (κ3) is 3.98. The van der Waals surface area contributed by atoms with Crippen LogP contribution in [0.2, 0.25) is 0 Å². The molecule has 5 heterocycles. The van der Waals surface area contributed by atoms with E-state index in [1.54, 1.807) is 17.3 Å². The van der Waals surface area contributed by atoms with Gasteiger partial charge in [0.15, 0.2) is 5.69 Å². The topological polar surface area (TPSA) is 97.4 Å². The number of amides is 2. The van der Waals surface area contributed by atoms with E-state index in [0.29, 0.717) is 43.4 Å². The zero-order valence-corrected chi connectivity index (χ0v) is 19.7. The number of imidazole rings is 1. The number of pyridine rings is 1. The molecule has 0 radical (unpaired) electrons. The fourth-order valence-corrected chi connectivity index (χ4v) is 5.03. The summed E-state index contributed by atoms with van der Waals surface area (Å²) in [6.07, 6.45) is 8.49. The van der Waals surface area contributed by atoms with Crippen molar-refractivity contribution < 1.29 is 9.59 Å². The van der Waals surface area contributed by atoms with Crippen molar-refractivity contribution >= 4 is 28.8 Å². The summed E-state index contributed by atoms with van der Waals surface area (Å²) in [4.78, 5) is 37.0. The fourth-order valence-electron chi connectivity index (χ4n) is 4.47. The molecule has 2 aliphatic rings. The summed E-state index contributed by atoms with van der Waals surface area (Å²) in [6.45, 7) is 4.13. The summed E-state index contributed by atoms with van der Waals surface area (Å²) in [5.41, 5.74) is 4.58. The average Bonchev–Trinajstić information content (AvgIpc) is 3.22. The molecule has 6 rings (SSSR count). The quantitative estimate of drug-likeness (QED) is 0.463. The molecule has 9 nitrogen and oxygen atoms in total. The van der Waals surface area contributed by atoms with Gasteiger partial charge in [-0.15, -0.1) is 11.3 Å². The number of aromatic nitrogens is 5. The number of hydrogen-bond donors (Lipinski definition) is 1. The van der Waals surface area contributed by atoms with E-state index >= 15 is 0 Å². The van der Waals surface area contributed by atoms with Crippen LogP contribution in [-0.4, -0.2) is 47.4 Å². The number of nitrogens with one attached hydrogen (secondary N) is 1. The maximum atomic E-state index is 13.3. The molecule has 0 atom stereocenters. The van der Waals surface area contributed by atoms with Crippen molar-refractivity contribution in [3.63, 3.8) is 0 Å². The van der Waals surface area contributed by atoms with E-state index in [2.05, 4.69) is 15.3 Å². The van der Waals surface area contributed by atoms with Gasteiger partial charge >= 0.3 is 0 Å². The van der Waals surface area contributed by atoms with Crippen LogP contribution >= 0.6 is 11.3 Å². The van der Waals surface area contributed by atoms with E-state index in [0.717, 1.165) is 34.0 Å². The van der Waals surface area contributed by atoms with Crippen molar-refractivity contribution in [1.29, 1.82) is 0 Å². The molecule has 1 fully saturated rings. The van der Waals surface area contributed by atoms with Gasteiger partial charge < -0.3 is 14.6 Å². The highest BCUT2D eigenvalue weighted by Crippen LogP contribution is 2.33. The Labute approximate surface area is 200 Å². The Hall–Kier alpha value is -3.53. The molecule has 0 bridgehead atoms. The van der Waals surface area contributed by atoms with Crippen LogP contribution in [-0.2, 0) is 26.1 Å². The lowest BCUT2D eigenvalue weighted by atomic mass is 10.0. The van der Waals surface area contributed by atoms with Crippen LogP contribution < -0.4 is 5.32 Å². The lowest BCUT2D eigenvalue weighted by molar-refractivity contribution is 0.0725. The number of fused-ring (bicyclic) bond motifs is 2. The number of nitrogens with zero attached hydrogens (tertiary/aromatic N) is 6. The smallest absolute Gasteiger partial charge is 0.274 e. The van der Waals surface area contributed by atoms with Crippen LogP contribution in [0.15, 0.2) is 36.1 Å². The van der Waals surface area contributed by atoms with E-state index < -0.39 is 0 Å². The molecule has 0 unspecified atom stereocenters. The van der Waals surface area contributed by atoms with Crippen molar-refractivity contribution in [2.24, 2.45) is 5.92 Å². The largest absolute Gasteiger partial charge is 0.344 e. The van der Waals surface area contributed by atoms with E-state index in [1.807, 2.05) is 39.7 Å². The van der Waals surface area contributed by atoms with Crippen LogP contribution in [0.3, 0.4) is 0 Å². The van der Waals surface area contributed by atoms with Crippen molar-refractivity contribution in [3.05, 3.63) is 69.3 Å². The second-order valence-corrected chi connectivity index (χ2v) is 10.1. The summed E-state index contributed by atoms with van der Waals surface area (Å²) in [5, 5.41) is 10.4. The van der Waals surface area contributed by atoms with Gasteiger partial charge in [0.2, 0.25) is 0 Å². The molecular weight excluding hydrogens is 450 g/mol. The van der Waals surface area contributed by atoms with Crippen molar-refractivity contribution in [2.45, 2.75) is 45.8 Å². The molecule has 1 saturated carbocycles. The molecule has 1 N–H and O–H groups in total. The summed E-state index contributed by atoms with van der Waals surface area (Å²) in [7, 11) is 0. The number of hydrogen-bond acceptors (Lipinski definition) is 6. The zero-order valence-electron chi connectivity index (χ0n) is 18.9. The minimum Gasteiger partial charge on any atom is -0.344 e. The monoisotopic (exact) mass is 475 g/mol. The maximum absolute atomic E-state index is 13.3. The van der Waals surface area contributed by atoms with Gasteiger partial charge in [-0.2, -0.15) is 5.10 Å². The van der Waals surface area contributed by atoms with E-state index in [9.17, 15) is 9.59 Å². The van der Waals surface area contributed by atoms with Gasteiger partial charge in [0.05, 0.1) is 13.1 Å². The van der Waals surface area contributed by atoms with Crippen LogP contribution in [0.1, 0.15) is 55.6 Å². The molecule has 1 aliphatic heterocycles. The Kier molecular flexibility index (Phi) is 5.17. The normalized spacial score (nSPS) is 15.5. The van der Waals surface area contributed by atoms with Crippen LogP contribution in [0.4, 0.5) is 0 Å². The summed E-state index contributed by atoms with van der Waals surface area (Å²) < 4.78 is 3.86. The van der Waals surface area contributed by atoms with Crippen molar-refractivity contribution in [3.8, 4) is 0 Å². The molecule has 0 saturated heterocycles. The number of rotatable bonds is 6. The predicted octanol–water partition coefficient (Wildman–Crippen LogP) is 2.83. The second kappa shape index (κ2) is 8.35. The first-order chi connectivity index (χ1) is 16.5. The first kappa shape index (κ1) is 21.0. The highest BCUT2D eigenvalue weighted by Gasteiger charge is 2.33. The summed E-state index contributed by atoms with van der Waals surface area (Å²) in [5.74, 6) is 0.283. The first-order valence-electron chi connectivity index (χ1n) is 11.5. The minimum atomic E-state index is -0.224. The van der Waals surface area contributed by atoms with Gasteiger partial charge in [0.25, 0.3) is 11.8 Å². The predicted molar refractivity (Wildman–Crippen MR) is 127 cm³/mol. The van der Waals surface area contributed by atoms with Crippen LogP contribution in [0.25, 0.3) is 5.65 Å². The van der Waals surface area contributed by atoms with Gasteiger partial charge in [-0.05, 0) is 43.4 Å².